The highest BCUT2D eigenvalue weighted by molar-refractivity contribution is 6.15. The average Bonchev–Trinajstić information content (AvgIpc) is 2.89. The van der Waals surface area contributed by atoms with Crippen molar-refractivity contribution in [2.24, 2.45) is 4.99 Å². The monoisotopic (exact) mass is 344 g/mol. The van der Waals surface area contributed by atoms with Gasteiger partial charge in [-0.1, -0.05) is 12.1 Å². The van der Waals surface area contributed by atoms with E-state index >= 15 is 0 Å². The van der Waals surface area contributed by atoms with Gasteiger partial charge in [0.15, 0.2) is 6.29 Å². The molecule has 6 heteroatoms. The predicted molar refractivity (Wildman–Crippen MR) is 94.1 cm³/mol. The first kappa shape index (κ1) is 15.9. The number of benzene rings is 2. The van der Waals surface area contributed by atoms with Gasteiger partial charge in [-0.05, 0) is 37.3 Å². The van der Waals surface area contributed by atoms with Gasteiger partial charge in [-0.3, -0.25) is 14.4 Å². The predicted octanol–water partition coefficient (Wildman–Crippen LogP) is 3.36. The number of aliphatic imine (C=N–C) groups is 1. The first-order chi connectivity index (χ1) is 12.6. The number of hydrogen-bond acceptors (Lipinski definition) is 4. The van der Waals surface area contributed by atoms with Crippen LogP contribution in [0.5, 0.6) is 0 Å². The molecule has 1 aliphatic rings. The number of fused-ring (bicyclic) bond motifs is 3. The molecular formula is C20H13FN4O. The topological polar surface area (TPSA) is 71.0 Å². The van der Waals surface area contributed by atoms with E-state index < -0.39 is 5.82 Å². The Morgan fingerprint density at radius 2 is 2.04 bits per heavy atom. The Hall–Kier alpha value is -3.59. The molecule has 3 aromatic rings. The van der Waals surface area contributed by atoms with Gasteiger partial charge in [0.25, 0.3) is 0 Å². The van der Waals surface area contributed by atoms with Gasteiger partial charge < -0.3 is 0 Å². The van der Waals surface area contributed by atoms with Crippen molar-refractivity contribution >= 4 is 12.0 Å². The van der Waals surface area contributed by atoms with Crippen LogP contribution in [0.1, 0.15) is 38.7 Å². The molecule has 0 atom stereocenters. The summed E-state index contributed by atoms with van der Waals surface area (Å²) in [6, 6.07) is 13.5. The summed E-state index contributed by atoms with van der Waals surface area (Å²) >= 11 is 0. The molecular weight excluding hydrogens is 331 g/mol. The van der Waals surface area contributed by atoms with Gasteiger partial charge in [0.05, 0.1) is 35.3 Å². The highest BCUT2D eigenvalue weighted by atomic mass is 19.1. The molecule has 0 saturated carbocycles. The second-order valence-corrected chi connectivity index (χ2v) is 5.94. The van der Waals surface area contributed by atoms with Gasteiger partial charge in [-0.15, -0.1) is 0 Å². The number of nitriles is 1. The van der Waals surface area contributed by atoms with Gasteiger partial charge in [0, 0.05) is 11.1 Å². The highest BCUT2D eigenvalue weighted by Gasteiger charge is 2.24. The normalized spacial score (nSPS) is 12.4. The summed E-state index contributed by atoms with van der Waals surface area (Å²) < 4.78 is 16.2. The molecule has 0 saturated heterocycles. The van der Waals surface area contributed by atoms with E-state index in [2.05, 4.69) is 16.0 Å². The third-order valence-electron chi connectivity index (χ3n) is 4.41. The molecule has 0 spiro atoms. The maximum Gasteiger partial charge on any atom is 0.168 e. The Morgan fingerprint density at radius 1 is 1.23 bits per heavy atom. The minimum atomic E-state index is -0.397. The van der Waals surface area contributed by atoms with E-state index in [4.69, 9.17) is 0 Å². The molecule has 0 radical (unpaired) electrons. The molecule has 0 amide bonds. The number of aryl methyl sites for hydroxylation is 1. The first-order valence-electron chi connectivity index (χ1n) is 8.01. The van der Waals surface area contributed by atoms with Gasteiger partial charge in [0.1, 0.15) is 17.3 Å². The maximum absolute atomic E-state index is 14.4. The minimum absolute atomic E-state index is 0.203. The zero-order valence-corrected chi connectivity index (χ0v) is 13.9. The fourth-order valence-electron chi connectivity index (χ4n) is 3.22. The molecule has 0 fully saturated rings. The number of halogens is 1. The molecule has 1 aromatic heterocycles. The highest BCUT2D eigenvalue weighted by Crippen LogP contribution is 2.28. The minimum Gasteiger partial charge on any atom is -0.296 e. The van der Waals surface area contributed by atoms with Crippen LogP contribution in [0.3, 0.4) is 0 Å². The molecule has 0 bridgehead atoms. The lowest BCUT2D eigenvalue weighted by atomic mass is 9.98. The van der Waals surface area contributed by atoms with E-state index in [0.717, 1.165) is 6.29 Å². The second kappa shape index (κ2) is 6.05. The van der Waals surface area contributed by atoms with Crippen molar-refractivity contribution in [2.45, 2.75) is 13.5 Å². The van der Waals surface area contributed by atoms with Crippen LogP contribution in [0.2, 0.25) is 0 Å². The molecule has 0 N–H and O–H groups in total. The second-order valence-electron chi connectivity index (χ2n) is 5.94. The van der Waals surface area contributed by atoms with Crippen LogP contribution >= 0.6 is 0 Å². The van der Waals surface area contributed by atoms with Gasteiger partial charge in [-0.25, -0.2) is 9.37 Å². The number of carbonyl (C=O) groups excluding carboxylic acids is 1. The summed E-state index contributed by atoms with van der Waals surface area (Å²) in [6.07, 6.45) is 0.752. The summed E-state index contributed by atoms with van der Waals surface area (Å²) in [5.41, 5.74) is 3.50. The van der Waals surface area contributed by atoms with Crippen molar-refractivity contribution in [1.29, 1.82) is 5.26 Å². The summed E-state index contributed by atoms with van der Waals surface area (Å²) in [4.78, 5) is 20.6. The van der Waals surface area contributed by atoms with E-state index in [1.165, 1.54) is 6.07 Å². The van der Waals surface area contributed by atoms with E-state index in [-0.39, 0.29) is 6.54 Å². The average molecular weight is 344 g/mol. The molecule has 126 valence electrons. The van der Waals surface area contributed by atoms with Crippen LogP contribution in [-0.2, 0) is 6.54 Å². The van der Waals surface area contributed by atoms with Crippen molar-refractivity contribution in [2.75, 3.05) is 0 Å². The zero-order valence-electron chi connectivity index (χ0n) is 13.9. The SMILES string of the molecule is Cc1nc2n(c1C=O)-c1ccc(C#N)cc1C(c1ccccc1F)=NC2. The molecule has 1 aliphatic heterocycles. The summed E-state index contributed by atoms with van der Waals surface area (Å²) in [5, 5.41) is 9.28. The van der Waals surface area contributed by atoms with Gasteiger partial charge in [-0.2, -0.15) is 5.26 Å². The van der Waals surface area contributed by atoms with Crippen molar-refractivity contribution in [3.05, 3.63) is 82.2 Å². The lowest BCUT2D eigenvalue weighted by Crippen LogP contribution is -2.11. The third-order valence-corrected chi connectivity index (χ3v) is 4.41. The molecule has 0 unspecified atom stereocenters. The maximum atomic E-state index is 14.4. The standard InChI is InChI=1S/C20H13FN4O/c1-12-18(11-26)25-17-7-6-13(9-22)8-15(17)20(23-10-19(25)24-12)14-4-2-3-5-16(14)21/h2-8,11H,10H2,1H3. The van der Waals surface area contributed by atoms with E-state index in [1.807, 2.05) is 0 Å². The first-order valence-corrected chi connectivity index (χ1v) is 8.01. The van der Waals surface area contributed by atoms with Crippen molar-refractivity contribution < 1.29 is 9.18 Å². The molecule has 5 nitrogen and oxygen atoms in total. The van der Waals surface area contributed by atoms with Crippen LogP contribution in [0.15, 0.2) is 47.5 Å². The quantitative estimate of drug-likeness (QED) is 0.669. The molecule has 4 rings (SSSR count). The summed E-state index contributed by atoms with van der Waals surface area (Å²) in [7, 11) is 0. The number of aromatic nitrogens is 2. The van der Waals surface area contributed by atoms with Crippen LogP contribution in [0.4, 0.5) is 4.39 Å². The number of carbonyl (C=O) groups is 1. The zero-order chi connectivity index (χ0) is 18.3. The Labute approximate surface area is 149 Å². The van der Waals surface area contributed by atoms with Crippen LogP contribution in [-0.4, -0.2) is 21.5 Å². The third kappa shape index (κ3) is 2.33. The Morgan fingerprint density at radius 3 is 2.77 bits per heavy atom. The van der Waals surface area contributed by atoms with Crippen molar-refractivity contribution in [3.8, 4) is 11.8 Å². The van der Waals surface area contributed by atoms with Crippen LogP contribution < -0.4 is 0 Å². The lowest BCUT2D eigenvalue weighted by molar-refractivity contribution is 0.111. The van der Waals surface area contributed by atoms with E-state index in [0.29, 0.717) is 45.3 Å². The van der Waals surface area contributed by atoms with Crippen molar-refractivity contribution in [3.63, 3.8) is 0 Å². The number of hydrogen-bond donors (Lipinski definition) is 0. The Kier molecular flexibility index (Phi) is 3.70. The Balaban J connectivity index is 2.06. The van der Waals surface area contributed by atoms with E-state index in [9.17, 15) is 14.4 Å². The molecule has 26 heavy (non-hydrogen) atoms. The number of imidazole rings is 1. The van der Waals surface area contributed by atoms with Gasteiger partial charge in [0.2, 0.25) is 0 Å². The Bertz CT molecular complexity index is 1120. The number of aldehydes is 1. The number of nitrogens with zero attached hydrogens (tertiary/aromatic N) is 4. The fraction of sp³-hybridized carbons (Fsp3) is 0.100. The lowest BCUT2D eigenvalue weighted by Gasteiger charge is -2.13. The molecule has 2 heterocycles. The van der Waals surface area contributed by atoms with Gasteiger partial charge >= 0.3 is 0 Å². The largest absolute Gasteiger partial charge is 0.296 e. The smallest absolute Gasteiger partial charge is 0.168 e. The number of rotatable bonds is 2. The molecule has 0 aliphatic carbocycles. The fourth-order valence-corrected chi connectivity index (χ4v) is 3.22. The van der Waals surface area contributed by atoms with E-state index in [1.54, 1.807) is 47.9 Å². The van der Waals surface area contributed by atoms with Crippen molar-refractivity contribution in [1.82, 2.24) is 9.55 Å². The van der Waals surface area contributed by atoms with Crippen LogP contribution in [0.25, 0.3) is 5.69 Å². The summed E-state index contributed by atoms with van der Waals surface area (Å²) in [6.45, 7) is 1.96. The summed E-state index contributed by atoms with van der Waals surface area (Å²) in [5.74, 6) is 0.202. The molecule has 2 aromatic carbocycles. The van der Waals surface area contributed by atoms with Crippen LogP contribution in [0, 0.1) is 24.1 Å².